The number of carbonyl (C=O) groups excluding carboxylic acids is 1. The first-order valence-electron chi connectivity index (χ1n) is 6.06. The predicted octanol–water partition coefficient (Wildman–Crippen LogP) is 2.55. The molecule has 0 spiro atoms. The lowest BCUT2D eigenvalue weighted by molar-refractivity contribution is -0.118. The van der Waals surface area contributed by atoms with E-state index in [0.29, 0.717) is 18.8 Å². The average Bonchev–Trinajstić information content (AvgIpc) is 2.72. The van der Waals surface area contributed by atoms with Crippen LogP contribution in [0.4, 0.5) is 0 Å². The molecule has 4 nitrogen and oxygen atoms in total. The lowest BCUT2D eigenvalue weighted by Crippen LogP contribution is -2.23. The van der Waals surface area contributed by atoms with E-state index in [1.54, 1.807) is 0 Å². The van der Waals surface area contributed by atoms with Crippen LogP contribution in [0.5, 0.6) is 5.75 Å². The number of benzene rings is 1. The second-order valence-electron chi connectivity index (χ2n) is 4.23. The van der Waals surface area contributed by atoms with Crippen molar-refractivity contribution in [1.29, 1.82) is 0 Å². The summed E-state index contributed by atoms with van der Waals surface area (Å²) in [7, 11) is 0. The molecule has 0 fully saturated rings. The molecular formula is C14H16N2O2S. The zero-order valence-electron chi connectivity index (χ0n) is 10.9. The molecule has 0 radical (unpaired) electrons. The van der Waals surface area contributed by atoms with E-state index < -0.39 is 0 Å². The average molecular weight is 276 g/mol. The fourth-order valence-electron chi connectivity index (χ4n) is 1.80. The van der Waals surface area contributed by atoms with Crippen LogP contribution >= 0.6 is 11.3 Å². The molecular weight excluding hydrogens is 260 g/mol. The van der Waals surface area contributed by atoms with Crippen LogP contribution in [-0.4, -0.2) is 29.8 Å². The molecule has 2 aromatic rings. The summed E-state index contributed by atoms with van der Waals surface area (Å²) in [5, 5.41) is 13.7. The van der Waals surface area contributed by atoms with Gasteiger partial charge in [-0.05, 0) is 19.1 Å². The van der Waals surface area contributed by atoms with Crippen molar-refractivity contribution in [2.75, 3.05) is 13.1 Å². The van der Waals surface area contributed by atoms with E-state index in [2.05, 4.69) is 10.3 Å². The molecule has 0 saturated carbocycles. The van der Waals surface area contributed by atoms with Gasteiger partial charge in [-0.2, -0.15) is 0 Å². The van der Waals surface area contributed by atoms with E-state index in [-0.39, 0.29) is 5.91 Å². The Balaban J connectivity index is 2.16. The van der Waals surface area contributed by atoms with Gasteiger partial charge in [0, 0.05) is 23.6 Å². The number of aliphatic imine (C=N–C) groups is 1. The Hall–Kier alpha value is -1.88. The largest absolute Gasteiger partial charge is 0.506 e. The molecule has 2 rings (SSSR count). The van der Waals surface area contributed by atoms with Crippen LogP contribution in [0.15, 0.2) is 29.3 Å². The van der Waals surface area contributed by atoms with Crippen molar-refractivity contribution in [2.24, 2.45) is 4.99 Å². The Labute approximate surface area is 115 Å². The van der Waals surface area contributed by atoms with Crippen LogP contribution in [0, 0.1) is 0 Å². The van der Waals surface area contributed by atoms with Gasteiger partial charge in [0.05, 0.1) is 17.1 Å². The summed E-state index contributed by atoms with van der Waals surface area (Å²) < 4.78 is 1.05. The maximum atomic E-state index is 10.7. The van der Waals surface area contributed by atoms with Crippen molar-refractivity contribution in [3.63, 3.8) is 0 Å². The lowest BCUT2D eigenvalue weighted by Gasteiger charge is -2.00. The number of nitrogens with zero attached hydrogens (tertiary/aromatic N) is 1. The molecule has 1 heterocycles. The second-order valence-corrected chi connectivity index (χ2v) is 5.28. The number of rotatable bonds is 4. The van der Waals surface area contributed by atoms with Gasteiger partial charge in [0.15, 0.2) is 0 Å². The van der Waals surface area contributed by atoms with Crippen LogP contribution in [0.2, 0.25) is 0 Å². The number of hydrogen-bond donors (Lipinski definition) is 2. The molecule has 1 amide bonds. The predicted molar refractivity (Wildman–Crippen MR) is 79.3 cm³/mol. The fraction of sp³-hybridized carbons (Fsp3) is 0.286. The fourth-order valence-corrected chi connectivity index (χ4v) is 2.86. The van der Waals surface area contributed by atoms with Crippen molar-refractivity contribution in [3.05, 3.63) is 29.1 Å². The smallest absolute Gasteiger partial charge is 0.216 e. The molecule has 0 aliphatic carbocycles. The summed E-state index contributed by atoms with van der Waals surface area (Å²) >= 11 is 1.53. The van der Waals surface area contributed by atoms with Crippen molar-refractivity contribution >= 4 is 33.0 Å². The number of thiophene rings is 1. The van der Waals surface area contributed by atoms with E-state index in [1.807, 2.05) is 31.2 Å². The molecule has 5 heteroatoms. The minimum absolute atomic E-state index is 0.0578. The molecule has 0 aliphatic heterocycles. The Kier molecular flexibility index (Phi) is 4.16. The standard InChI is InChI=1S/C14H16N2O2S/c1-9(15-7-8-16-10(2)17)14-13(18)11-5-3-4-6-12(11)19-14/h3-6,18H,7-8H2,1-2H3,(H,16,17). The van der Waals surface area contributed by atoms with Crippen molar-refractivity contribution in [2.45, 2.75) is 13.8 Å². The summed E-state index contributed by atoms with van der Waals surface area (Å²) in [5.74, 6) is 0.235. The van der Waals surface area contributed by atoms with Gasteiger partial charge in [0.1, 0.15) is 5.75 Å². The van der Waals surface area contributed by atoms with Gasteiger partial charge in [-0.25, -0.2) is 0 Å². The van der Waals surface area contributed by atoms with E-state index in [9.17, 15) is 9.90 Å². The molecule has 1 aromatic carbocycles. The van der Waals surface area contributed by atoms with Crippen molar-refractivity contribution < 1.29 is 9.90 Å². The number of fused-ring (bicyclic) bond motifs is 1. The summed E-state index contributed by atoms with van der Waals surface area (Å²) in [6, 6.07) is 7.73. The van der Waals surface area contributed by atoms with Crippen LogP contribution in [0.1, 0.15) is 18.7 Å². The molecule has 2 N–H and O–H groups in total. The maximum absolute atomic E-state index is 10.7. The Bertz CT molecular complexity index is 631. The van der Waals surface area contributed by atoms with Crippen LogP contribution in [0.25, 0.3) is 10.1 Å². The van der Waals surface area contributed by atoms with Gasteiger partial charge in [0.25, 0.3) is 0 Å². The van der Waals surface area contributed by atoms with Gasteiger partial charge in [0.2, 0.25) is 5.91 Å². The topological polar surface area (TPSA) is 61.7 Å². The van der Waals surface area contributed by atoms with Gasteiger partial charge >= 0.3 is 0 Å². The molecule has 0 bridgehead atoms. The molecule has 100 valence electrons. The van der Waals surface area contributed by atoms with E-state index in [1.165, 1.54) is 18.3 Å². The summed E-state index contributed by atoms with van der Waals surface area (Å²) in [4.78, 5) is 15.9. The van der Waals surface area contributed by atoms with E-state index in [4.69, 9.17) is 0 Å². The van der Waals surface area contributed by atoms with E-state index >= 15 is 0 Å². The lowest BCUT2D eigenvalue weighted by atomic mass is 10.2. The monoisotopic (exact) mass is 276 g/mol. The van der Waals surface area contributed by atoms with Crippen LogP contribution < -0.4 is 5.32 Å². The number of carbonyl (C=O) groups is 1. The molecule has 0 aliphatic rings. The van der Waals surface area contributed by atoms with Gasteiger partial charge < -0.3 is 10.4 Å². The molecule has 1 aromatic heterocycles. The third-order valence-corrected chi connectivity index (χ3v) is 4.00. The highest BCUT2D eigenvalue weighted by molar-refractivity contribution is 7.21. The minimum atomic E-state index is -0.0578. The Morgan fingerprint density at radius 1 is 1.37 bits per heavy atom. The van der Waals surface area contributed by atoms with Gasteiger partial charge in [-0.15, -0.1) is 11.3 Å². The van der Waals surface area contributed by atoms with Crippen LogP contribution in [0.3, 0.4) is 0 Å². The zero-order valence-corrected chi connectivity index (χ0v) is 11.8. The third-order valence-electron chi connectivity index (χ3n) is 2.73. The third kappa shape index (κ3) is 3.12. The van der Waals surface area contributed by atoms with Crippen molar-refractivity contribution in [3.8, 4) is 5.75 Å². The molecule has 0 saturated heterocycles. The molecule has 0 atom stereocenters. The first-order chi connectivity index (χ1) is 9.09. The Morgan fingerprint density at radius 3 is 2.79 bits per heavy atom. The summed E-state index contributed by atoms with van der Waals surface area (Å²) in [6.45, 7) is 4.38. The quantitative estimate of drug-likeness (QED) is 0.666. The molecule has 19 heavy (non-hydrogen) atoms. The number of aromatic hydroxyl groups is 1. The highest BCUT2D eigenvalue weighted by atomic mass is 32.1. The minimum Gasteiger partial charge on any atom is -0.506 e. The number of nitrogens with one attached hydrogen (secondary N) is 1. The Morgan fingerprint density at radius 2 is 2.11 bits per heavy atom. The zero-order chi connectivity index (χ0) is 13.8. The van der Waals surface area contributed by atoms with Crippen molar-refractivity contribution in [1.82, 2.24) is 5.32 Å². The highest BCUT2D eigenvalue weighted by Crippen LogP contribution is 2.36. The van der Waals surface area contributed by atoms with E-state index in [0.717, 1.165) is 20.7 Å². The van der Waals surface area contributed by atoms with Gasteiger partial charge in [-0.1, -0.05) is 12.1 Å². The number of hydrogen-bond acceptors (Lipinski definition) is 4. The summed E-state index contributed by atoms with van der Waals surface area (Å²) in [5.41, 5.74) is 0.795. The first-order valence-corrected chi connectivity index (χ1v) is 6.87. The number of amides is 1. The van der Waals surface area contributed by atoms with Gasteiger partial charge in [-0.3, -0.25) is 9.79 Å². The molecule has 0 unspecified atom stereocenters. The SMILES string of the molecule is CC(=O)NCCN=C(C)c1sc2ccccc2c1O. The first kappa shape index (κ1) is 13.5. The summed E-state index contributed by atoms with van der Waals surface area (Å²) in [6.07, 6.45) is 0. The highest BCUT2D eigenvalue weighted by Gasteiger charge is 2.12. The van der Waals surface area contributed by atoms with Crippen LogP contribution in [-0.2, 0) is 4.79 Å². The maximum Gasteiger partial charge on any atom is 0.216 e. The second kappa shape index (κ2) is 5.84. The normalized spacial score (nSPS) is 11.8.